The molecule has 16 heavy (non-hydrogen) atoms. The molecule has 3 nitrogen and oxygen atoms in total. The Morgan fingerprint density at radius 2 is 2.19 bits per heavy atom. The van der Waals surface area contributed by atoms with Crippen LogP contribution in [0.3, 0.4) is 0 Å². The minimum Gasteiger partial charge on any atom is -0.396 e. The molecule has 1 heterocycles. The van der Waals surface area contributed by atoms with Crippen LogP contribution in [0.1, 0.15) is 32.4 Å². The Labute approximate surface area is 97.9 Å². The maximum atomic E-state index is 9.12. The van der Waals surface area contributed by atoms with Crippen molar-refractivity contribution in [2.75, 3.05) is 18.5 Å². The van der Waals surface area contributed by atoms with Crippen LogP contribution in [-0.2, 0) is 0 Å². The summed E-state index contributed by atoms with van der Waals surface area (Å²) in [6, 6.07) is 4.02. The normalized spacial score (nSPS) is 11.5. The van der Waals surface area contributed by atoms with Crippen LogP contribution in [0.4, 0.5) is 5.69 Å². The predicted molar refractivity (Wildman–Crippen MR) is 67.6 cm³/mol. The number of pyridine rings is 1. The van der Waals surface area contributed by atoms with Gasteiger partial charge in [-0.25, -0.2) is 0 Å². The quantitative estimate of drug-likeness (QED) is 0.727. The highest BCUT2D eigenvalue weighted by Gasteiger charge is 2.15. The number of nitrogens with one attached hydrogen (secondary N) is 1. The molecule has 1 aromatic heterocycles. The van der Waals surface area contributed by atoms with E-state index in [1.165, 1.54) is 0 Å². The first-order valence-electron chi connectivity index (χ1n) is 5.81. The monoisotopic (exact) mass is 222 g/mol. The van der Waals surface area contributed by atoms with E-state index in [0.29, 0.717) is 0 Å². The molecular formula is C13H22N2O. The molecule has 0 spiro atoms. The fraction of sp³-hybridized carbons (Fsp3) is 0.615. The predicted octanol–water partition coefficient (Wildman–Crippen LogP) is 2.60. The number of aromatic nitrogens is 1. The molecule has 0 saturated carbocycles. The number of aliphatic hydroxyl groups excluding tert-OH is 1. The largest absolute Gasteiger partial charge is 0.396 e. The maximum Gasteiger partial charge on any atom is 0.0482 e. The molecular weight excluding hydrogens is 200 g/mol. The van der Waals surface area contributed by atoms with Crippen LogP contribution < -0.4 is 5.32 Å². The van der Waals surface area contributed by atoms with Crippen molar-refractivity contribution in [3.05, 3.63) is 24.0 Å². The number of aliphatic hydroxyl groups is 1. The molecule has 0 fully saturated rings. The Morgan fingerprint density at radius 3 is 2.81 bits per heavy atom. The summed E-state index contributed by atoms with van der Waals surface area (Å²) in [4.78, 5) is 4.15. The van der Waals surface area contributed by atoms with E-state index in [0.717, 1.165) is 30.8 Å². The Bertz CT molecular complexity index is 323. The Morgan fingerprint density at radius 1 is 1.44 bits per heavy atom. The SMILES string of the molecule is Cc1cc(NCCCC(C)(C)CO)ccn1. The molecule has 0 aromatic carbocycles. The van der Waals surface area contributed by atoms with Gasteiger partial charge in [0, 0.05) is 30.7 Å². The highest BCUT2D eigenvalue weighted by molar-refractivity contribution is 5.42. The highest BCUT2D eigenvalue weighted by atomic mass is 16.3. The molecule has 1 aromatic rings. The van der Waals surface area contributed by atoms with Gasteiger partial charge in [-0.05, 0) is 37.3 Å². The first kappa shape index (κ1) is 13.0. The van der Waals surface area contributed by atoms with Gasteiger partial charge in [0.1, 0.15) is 0 Å². The van der Waals surface area contributed by atoms with Crippen molar-refractivity contribution < 1.29 is 5.11 Å². The lowest BCUT2D eigenvalue weighted by atomic mass is 9.89. The zero-order valence-electron chi connectivity index (χ0n) is 10.5. The molecule has 1 rings (SSSR count). The van der Waals surface area contributed by atoms with E-state index in [2.05, 4.69) is 24.1 Å². The molecule has 0 aliphatic heterocycles. The van der Waals surface area contributed by atoms with Crippen LogP contribution in [0.5, 0.6) is 0 Å². The smallest absolute Gasteiger partial charge is 0.0482 e. The van der Waals surface area contributed by atoms with Gasteiger partial charge >= 0.3 is 0 Å². The fourth-order valence-electron chi connectivity index (χ4n) is 1.53. The molecule has 0 saturated heterocycles. The highest BCUT2D eigenvalue weighted by Crippen LogP contribution is 2.20. The van der Waals surface area contributed by atoms with E-state index in [-0.39, 0.29) is 12.0 Å². The van der Waals surface area contributed by atoms with Crippen molar-refractivity contribution in [1.29, 1.82) is 0 Å². The zero-order valence-corrected chi connectivity index (χ0v) is 10.5. The minimum atomic E-state index is 0.0375. The number of rotatable bonds is 6. The van der Waals surface area contributed by atoms with Crippen molar-refractivity contribution in [1.82, 2.24) is 4.98 Å². The maximum absolute atomic E-state index is 9.12. The number of hydrogen-bond acceptors (Lipinski definition) is 3. The van der Waals surface area contributed by atoms with Crippen LogP contribution in [0.25, 0.3) is 0 Å². The summed E-state index contributed by atoms with van der Waals surface area (Å²) in [5.74, 6) is 0. The first-order valence-corrected chi connectivity index (χ1v) is 5.81. The van der Waals surface area contributed by atoms with E-state index >= 15 is 0 Å². The summed E-state index contributed by atoms with van der Waals surface area (Å²) >= 11 is 0. The third-order valence-corrected chi connectivity index (χ3v) is 2.68. The van der Waals surface area contributed by atoms with E-state index in [1.54, 1.807) is 0 Å². The topological polar surface area (TPSA) is 45.1 Å². The number of hydrogen-bond donors (Lipinski definition) is 2. The second-order valence-electron chi connectivity index (χ2n) is 5.04. The van der Waals surface area contributed by atoms with Crippen LogP contribution >= 0.6 is 0 Å². The second kappa shape index (κ2) is 5.85. The summed E-state index contributed by atoms with van der Waals surface area (Å²) < 4.78 is 0. The van der Waals surface area contributed by atoms with Crippen molar-refractivity contribution in [3.63, 3.8) is 0 Å². The van der Waals surface area contributed by atoms with E-state index in [9.17, 15) is 0 Å². The lowest BCUT2D eigenvalue weighted by molar-refractivity contribution is 0.149. The molecule has 2 N–H and O–H groups in total. The Kier molecular flexibility index (Phi) is 4.74. The van der Waals surface area contributed by atoms with Crippen molar-refractivity contribution in [2.24, 2.45) is 5.41 Å². The number of aryl methyl sites for hydroxylation is 1. The lowest BCUT2D eigenvalue weighted by Crippen LogP contribution is -2.18. The molecule has 0 atom stereocenters. The molecule has 0 amide bonds. The number of nitrogens with zero attached hydrogens (tertiary/aromatic N) is 1. The van der Waals surface area contributed by atoms with Gasteiger partial charge in [-0.15, -0.1) is 0 Å². The van der Waals surface area contributed by atoms with Gasteiger partial charge in [0.2, 0.25) is 0 Å². The average molecular weight is 222 g/mol. The summed E-state index contributed by atoms with van der Waals surface area (Å²) in [6.07, 6.45) is 3.91. The molecule has 3 heteroatoms. The van der Waals surface area contributed by atoms with Crippen LogP contribution in [0.2, 0.25) is 0 Å². The van der Waals surface area contributed by atoms with Crippen LogP contribution in [0, 0.1) is 12.3 Å². The van der Waals surface area contributed by atoms with Crippen LogP contribution in [0.15, 0.2) is 18.3 Å². The zero-order chi connectivity index (χ0) is 12.0. The van der Waals surface area contributed by atoms with E-state index in [1.807, 2.05) is 25.3 Å². The summed E-state index contributed by atoms with van der Waals surface area (Å²) in [5.41, 5.74) is 2.19. The molecule has 0 radical (unpaired) electrons. The van der Waals surface area contributed by atoms with E-state index < -0.39 is 0 Å². The van der Waals surface area contributed by atoms with E-state index in [4.69, 9.17) is 5.11 Å². The summed E-state index contributed by atoms with van der Waals surface area (Å²) in [7, 11) is 0. The summed E-state index contributed by atoms with van der Waals surface area (Å²) in [6.45, 7) is 7.35. The minimum absolute atomic E-state index is 0.0375. The van der Waals surface area contributed by atoms with Crippen LogP contribution in [-0.4, -0.2) is 23.2 Å². The fourth-order valence-corrected chi connectivity index (χ4v) is 1.53. The molecule has 0 bridgehead atoms. The molecule has 0 unspecified atom stereocenters. The van der Waals surface area contributed by atoms with Gasteiger partial charge in [-0.1, -0.05) is 13.8 Å². The van der Waals surface area contributed by atoms with Gasteiger partial charge in [0.05, 0.1) is 0 Å². The van der Waals surface area contributed by atoms with Crippen molar-refractivity contribution in [2.45, 2.75) is 33.6 Å². The van der Waals surface area contributed by atoms with Gasteiger partial charge < -0.3 is 10.4 Å². The molecule has 0 aliphatic rings. The molecule has 0 aliphatic carbocycles. The van der Waals surface area contributed by atoms with Crippen molar-refractivity contribution >= 4 is 5.69 Å². The molecule has 90 valence electrons. The van der Waals surface area contributed by atoms with Gasteiger partial charge in [-0.3, -0.25) is 4.98 Å². The third-order valence-electron chi connectivity index (χ3n) is 2.68. The average Bonchev–Trinajstić information content (AvgIpc) is 2.25. The Hall–Kier alpha value is -1.09. The standard InChI is InChI=1S/C13H22N2O/c1-11-9-12(5-8-14-11)15-7-4-6-13(2,3)10-16/h5,8-9,16H,4,6-7,10H2,1-3H3,(H,14,15). The summed E-state index contributed by atoms with van der Waals surface area (Å²) in [5, 5.41) is 12.5. The Balaban J connectivity index is 2.26. The lowest BCUT2D eigenvalue weighted by Gasteiger charge is -2.21. The van der Waals surface area contributed by atoms with Crippen molar-refractivity contribution in [3.8, 4) is 0 Å². The van der Waals surface area contributed by atoms with Gasteiger partial charge in [0.15, 0.2) is 0 Å². The second-order valence-corrected chi connectivity index (χ2v) is 5.04. The first-order chi connectivity index (χ1) is 7.53. The van der Waals surface area contributed by atoms with Gasteiger partial charge in [0.25, 0.3) is 0 Å². The number of anilines is 1. The third kappa shape index (κ3) is 4.62. The van der Waals surface area contributed by atoms with Gasteiger partial charge in [-0.2, -0.15) is 0 Å².